The number of rotatable bonds is 7. The van der Waals surface area contributed by atoms with Crippen LogP contribution in [0.1, 0.15) is 46.0 Å². The predicted molar refractivity (Wildman–Crippen MR) is 66.9 cm³/mol. The summed E-state index contributed by atoms with van der Waals surface area (Å²) in [6, 6.07) is 0.425. The van der Waals surface area contributed by atoms with Crippen LogP contribution in [0.2, 0.25) is 0 Å². The van der Waals surface area contributed by atoms with Gasteiger partial charge in [-0.2, -0.15) is 0 Å². The Kier molecular flexibility index (Phi) is 5.92. The lowest BCUT2D eigenvalue weighted by Crippen LogP contribution is -2.58. The standard InChI is InChI=1S/C13H25NO3/c1-4-13(10-16-3,12(15)17-5-2)14-11-8-6-7-9-11/h11,14H,4-10H2,1-3H3. The average molecular weight is 243 g/mol. The molecule has 0 radical (unpaired) electrons. The van der Waals surface area contributed by atoms with Crippen LogP contribution in [0.5, 0.6) is 0 Å². The van der Waals surface area contributed by atoms with E-state index in [0.29, 0.717) is 25.7 Å². The molecule has 0 aromatic rings. The number of hydrogen-bond acceptors (Lipinski definition) is 4. The molecule has 0 saturated heterocycles. The van der Waals surface area contributed by atoms with E-state index in [-0.39, 0.29) is 5.97 Å². The third-order valence-electron chi connectivity index (χ3n) is 3.50. The van der Waals surface area contributed by atoms with Gasteiger partial charge in [-0.25, -0.2) is 4.79 Å². The largest absolute Gasteiger partial charge is 0.465 e. The molecule has 0 aliphatic heterocycles. The molecule has 0 bridgehead atoms. The quantitative estimate of drug-likeness (QED) is 0.694. The van der Waals surface area contributed by atoms with Gasteiger partial charge in [0.25, 0.3) is 0 Å². The molecule has 0 spiro atoms. The van der Waals surface area contributed by atoms with Crippen LogP contribution in [0, 0.1) is 0 Å². The molecular formula is C13H25NO3. The second-order valence-corrected chi connectivity index (χ2v) is 4.71. The zero-order valence-corrected chi connectivity index (χ0v) is 11.3. The molecule has 100 valence electrons. The van der Waals surface area contributed by atoms with Crippen molar-refractivity contribution in [1.82, 2.24) is 5.32 Å². The lowest BCUT2D eigenvalue weighted by molar-refractivity contribution is -0.154. The van der Waals surface area contributed by atoms with E-state index in [0.717, 1.165) is 12.8 Å². The highest BCUT2D eigenvalue weighted by Crippen LogP contribution is 2.23. The minimum atomic E-state index is -0.667. The van der Waals surface area contributed by atoms with E-state index in [1.807, 2.05) is 13.8 Å². The highest BCUT2D eigenvalue weighted by molar-refractivity contribution is 5.81. The maximum Gasteiger partial charge on any atom is 0.328 e. The molecule has 0 heterocycles. The zero-order chi connectivity index (χ0) is 12.7. The van der Waals surface area contributed by atoms with Crippen LogP contribution in [-0.2, 0) is 14.3 Å². The molecule has 1 aliphatic rings. The van der Waals surface area contributed by atoms with Gasteiger partial charge in [-0.3, -0.25) is 5.32 Å². The van der Waals surface area contributed by atoms with Crippen molar-refractivity contribution in [2.24, 2.45) is 0 Å². The number of ether oxygens (including phenoxy) is 2. The molecule has 0 aromatic heterocycles. The second kappa shape index (κ2) is 6.97. The molecule has 1 saturated carbocycles. The normalized spacial score (nSPS) is 20.2. The van der Waals surface area contributed by atoms with E-state index in [4.69, 9.17) is 9.47 Å². The number of methoxy groups -OCH3 is 1. The van der Waals surface area contributed by atoms with Crippen LogP contribution in [0.3, 0.4) is 0 Å². The molecule has 0 amide bonds. The van der Waals surface area contributed by atoms with E-state index in [1.54, 1.807) is 7.11 Å². The Labute approximate surface area is 104 Å². The van der Waals surface area contributed by atoms with Gasteiger partial charge in [0.2, 0.25) is 0 Å². The predicted octanol–water partition coefficient (Wildman–Crippen LogP) is 1.88. The first kappa shape index (κ1) is 14.5. The van der Waals surface area contributed by atoms with E-state index >= 15 is 0 Å². The molecule has 0 aromatic carbocycles. The molecule has 1 unspecified atom stereocenters. The van der Waals surface area contributed by atoms with Crippen molar-refractivity contribution in [2.45, 2.75) is 57.5 Å². The number of hydrogen-bond donors (Lipinski definition) is 1. The van der Waals surface area contributed by atoms with E-state index in [1.165, 1.54) is 12.8 Å². The number of esters is 1. The van der Waals surface area contributed by atoms with Crippen molar-refractivity contribution in [3.8, 4) is 0 Å². The van der Waals surface area contributed by atoms with Gasteiger partial charge < -0.3 is 9.47 Å². The summed E-state index contributed by atoms with van der Waals surface area (Å²) in [5.41, 5.74) is -0.667. The summed E-state index contributed by atoms with van der Waals surface area (Å²) in [5, 5.41) is 3.47. The smallest absolute Gasteiger partial charge is 0.328 e. The highest BCUT2D eigenvalue weighted by atomic mass is 16.5. The third kappa shape index (κ3) is 3.68. The van der Waals surface area contributed by atoms with E-state index in [2.05, 4.69) is 5.32 Å². The molecule has 17 heavy (non-hydrogen) atoms. The molecule has 1 atom stereocenters. The van der Waals surface area contributed by atoms with Crippen molar-refractivity contribution in [1.29, 1.82) is 0 Å². The van der Waals surface area contributed by atoms with Crippen LogP contribution in [0.25, 0.3) is 0 Å². The molecule has 1 rings (SSSR count). The van der Waals surface area contributed by atoms with E-state index in [9.17, 15) is 4.79 Å². The molecular weight excluding hydrogens is 218 g/mol. The van der Waals surface area contributed by atoms with Crippen LogP contribution < -0.4 is 5.32 Å². The van der Waals surface area contributed by atoms with Gasteiger partial charge in [0.15, 0.2) is 0 Å². The summed E-state index contributed by atoms with van der Waals surface area (Å²) in [5.74, 6) is -0.184. The van der Waals surface area contributed by atoms with Crippen molar-refractivity contribution in [2.75, 3.05) is 20.3 Å². The minimum absolute atomic E-state index is 0.184. The Bertz CT molecular complexity index is 239. The van der Waals surface area contributed by atoms with Crippen LogP contribution in [0.4, 0.5) is 0 Å². The topological polar surface area (TPSA) is 47.6 Å². The van der Waals surface area contributed by atoms with Crippen molar-refractivity contribution in [3.63, 3.8) is 0 Å². The molecule has 1 fully saturated rings. The summed E-state index contributed by atoms with van der Waals surface area (Å²) in [7, 11) is 1.62. The molecule has 4 heteroatoms. The Morgan fingerprint density at radius 2 is 2.00 bits per heavy atom. The SMILES string of the molecule is CCOC(=O)C(CC)(COC)NC1CCCC1. The lowest BCUT2D eigenvalue weighted by Gasteiger charge is -2.33. The minimum Gasteiger partial charge on any atom is -0.465 e. The monoisotopic (exact) mass is 243 g/mol. The van der Waals surface area contributed by atoms with Crippen molar-refractivity contribution < 1.29 is 14.3 Å². The Morgan fingerprint density at radius 1 is 1.35 bits per heavy atom. The first-order valence-electron chi connectivity index (χ1n) is 6.62. The third-order valence-corrected chi connectivity index (χ3v) is 3.50. The van der Waals surface area contributed by atoms with Crippen molar-refractivity contribution >= 4 is 5.97 Å². The number of carbonyl (C=O) groups is 1. The summed E-state index contributed by atoms with van der Waals surface area (Å²) in [6.07, 6.45) is 5.46. The van der Waals surface area contributed by atoms with Gasteiger partial charge >= 0.3 is 5.97 Å². The Hall–Kier alpha value is -0.610. The average Bonchev–Trinajstić information content (AvgIpc) is 2.81. The first-order valence-corrected chi connectivity index (χ1v) is 6.62. The van der Waals surface area contributed by atoms with Gasteiger partial charge in [-0.15, -0.1) is 0 Å². The fraction of sp³-hybridized carbons (Fsp3) is 0.923. The van der Waals surface area contributed by atoms with Gasteiger partial charge in [-0.1, -0.05) is 19.8 Å². The van der Waals surface area contributed by atoms with Gasteiger partial charge in [0, 0.05) is 13.2 Å². The summed E-state index contributed by atoms with van der Waals surface area (Å²) in [4.78, 5) is 12.1. The fourth-order valence-corrected chi connectivity index (χ4v) is 2.48. The molecule has 1 N–H and O–H groups in total. The number of carbonyl (C=O) groups excluding carboxylic acids is 1. The Morgan fingerprint density at radius 3 is 2.47 bits per heavy atom. The summed E-state index contributed by atoms with van der Waals surface area (Å²) < 4.78 is 10.4. The highest BCUT2D eigenvalue weighted by Gasteiger charge is 2.40. The molecule has 1 aliphatic carbocycles. The summed E-state index contributed by atoms with van der Waals surface area (Å²) in [6.45, 7) is 4.62. The Balaban J connectivity index is 2.70. The maximum atomic E-state index is 12.1. The summed E-state index contributed by atoms with van der Waals surface area (Å²) >= 11 is 0. The van der Waals surface area contributed by atoms with E-state index < -0.39 is 5.54 Å². The zero-order valence-electron chi connectivity index (χ0n) is 11.3. The first-order chi connectivity index (χ1) is 8.18. The van der Waals surface area contributed by atoms with Gasteiger partial charge in [0.05, 0.1) is 13.2 Å². The van der Waals surface area contributed by atoms with Crippen LogP contribution in [0.15, 0.2) is 0 Å². The van der Waals surface area contributed by atoms with Crippen LogP contribution >= 0.6 is 0 Å². The maximum absolute atomic E-state index is 12.1. The molecule has 4 nitrogen and oxygen atoms in total. The van der Waals surface area contributed by atoms with Crippen molar-refractivity contribution in [3.05, 3.63) is 0 Å². The van der Waals surface area contributed by atoms with Gasteiger partial charge in [-0.05, 0) is 26.2 Å². The number of nitrogens with one attached hydrogen (secondary N) is 1. The van der Waals surface area contributed by atoms with Gasteiger partial charge in [0.1, 0.15) is 5.54 Å². The van der Waals surface area contributed by atoms with Crippen LogP contribution in [-0.4, -0.2) is 37.9 Å². The second-order valence-electron chi connectivity index (χ2n) is 4.71. The lowest BCUT2D eigenvalue weighted by atomic mass is 9.95. The fourth-order valence-electron chi connectivity index (χ4n) is 2.48.